The number of ether oxygens (including phenoxy) is 1. The molecule has 0 unspecified atom stereocenters. The topological polar surface area (TPSA) is 90.8 Å². The normalized spacial score (nSPS) is 14.4. The monoisotopic (exact) mass is 329 g/mol. The molecule has 126 valence electrons. The standard InChI is InChI=1S/C16H19N5O3/c1-24-15-6-5-14(18-19-15)17-16(23)21-9-7-20(8-10-21)12-3-2-4-13(22)11-12/h2-6,11,22H,7-10H2,1H3,(H,17,18,23). The molecule has 2 N–H and O–H groups in total. The third-order valence-electron chi connectivity index (χ3n) is 3.85. The first-order valence-electron chi connectivity index (χ1n) is 7.63. The lowest BCUT2D eigenvalue weighted by Crippen LogP contribution is -2.50. The van der Waals surface area contributed by atoms with Crippen LogP contribution < -0.4 is 15.0 Å². The van der Waals surface area contributed by atoms with Gasteiger partial charge < -0.3 is 19.6 Å². The summed E-state index contributed by atoms with van der Waals surface area (Å²) in [4.78, 5) is 16.1. The van der Waals surface area contributed by atoms with Crippen molar-refractivity contribution in [1.82, 2.24) is 15.1 Å². The number of urea groups is 1. The molecule has 0 radical (unpaired) electrons. The fraction of sp³-hybridized carbons (Fsp3) is 0.312. The van der Waals surface area contributed by atoms with Gasteiger partial charge in [-0.2, -0.15) is 0 Å². The number of carbonyl (C=O) groups is 1. The van der Waals surface area contributed by atoms with Crippen LogP contribution in [-0.4, -0.2) is 59.5 Å². The van der Waals surface area contributed by atoms with Gasteiger partial charge in [-0.3, -0.25) is 5.32 Å². The molecule has 2 amide bonds. The lowest BCUT2D eigenvalue weighted by Gasteiger charge is -2.36. The van der Waals surface area contributed by atoms with Crippen LogP contribution in [0.1, 0.15) is 0 Å². The van der Waals surface area contributed by atoms with Crippen LogP contribution in [0.3, 0.4) is 0 Å². The molecule has 1 aliphatic heterocycles. The number of benzene rings is 1. The molecule has 1 aromatic heterocycles. The predicted octanol–water partition coefficient (Wildman–Crippen LogP) is 1.54. The van der Waals surface area contributed by atoms with Crippen molar-refractivity contribution in [3.63, 3.8) is 0 Å². The number of phenols is 1. The van der Waals surface area contributed by atoms with Crippen molar-refractivity contribution < 1.29 is 14.6 Å². The van der Waals surface area contributed by atoms with Gasteiger partial charge in [0.2, 0.25) is 5.88 Å². The summed E-state index contributed by atoms with van der Waals surface area (Å²) in [6.07, 6.45) is 0. The second kappa shape index (κ2) is 7.03. The van der Waals surface area contributed by atoms with Gasteiger partial charge in [-0.15, -0.1) is 10.2 Å². The van der Waals surface area contributed by atoms with E-state index in [0.29, 0.717) is 37.9 Å². The Balaban J connectivity index is 1.54. The Morgan fingerprint density at radius 3 is 2.58 bits per heavy atom. The van der Waals surface area contributed by atoms with Crippen molar-refractivity contribution in [2.45, 2.75) is 0 Å². The van der Waals surface area contributed by atoms with Crippen LogP contribution in [0.25, 0.3) is 0 Å². The van der Waals surface area contributed by atoms with Gasteiger partial charge in [0, 0.05) is 44.0 Å². The maximum absolute atomic E-state index is 12.3. The van der Waals surface area contributed by atoms with Gasteiger partial charge in [0.1, 0.15) is 5.75 Å². The largest absolute Gasteiger partial charge is 0.508 e. The number of carbonyl (C=O) groups excluding carboxylic acids is 1. The Morgan fingerprint density at radius 2 is 1.96 bits per heavy atom. The zero-order valence-electron chi connectivity index (χ0n) is 13.3. The Hall–Kier alpha value is -3.03. The summed E-state index contributed by atoms with van der Waals surface area (Å²) in [5.41, 5.74) is 0.955. The number of aromatic hydroxyl groups is 1. The van der Waals surface area contributed by atoms with E-state index in [1.165, 1.54) is 7.11 Å². The molecular formula is C16H19N5O3. The number of hydrogen-bond donors (Lipinski definition) is 2. The highest BCUT2D eigenvalue weighted by Gasteiger charge is 2.21. The van der Waals surface area contributed by atoms with Crippen LogP contribution in [0.15, 0.2) is 36.4 Å². The molecule has 0 aliphatic carbocycles. The maximum Gasteiger partial charge on any atom is 0.323 e. The van der Waals surface area contributed by atoms with Crippen molar-refractivity contribution in [2.75, 3.05) is 43.5 Å². The number of amides is 2. The Morgan fingerprint density at radius 1 is 1.17 bits per heavy atom. The average Bonchev–Trinajstić information content (AvgIpc) is 2.62. The van der Waals surface area contributed by atoms with E-state index in [2.05, 4.69) is 20.4 Å². The third kappa shape index (κ3) is 3.65. The number of rotatable bonds is 3. The number of anilines is 2. The number of methoxy groups -OCH3 is 1. The van der Waals surface area contributed by atoms with E-state index in [9.17, 15) is 9.90 Å². The number of phenolic OH excluding ortho intramolecular Hbond substituents is 1. The van der Waals surface area contributed by atoms with E-state index < -0.39 is 0 Å². The summed E-state index contributed by atoms with van der Waals surface area (Å²) >= 11 is 0. The second-order valence-corrected chi connectivity index (χ2v) is 5.39. The van der Waals surface area contributed by atoms with E-state index in [1.807, 2.05) is 12.1 Å². The molecule has 0 spiro atoms. The third-order valence-corrected chi connectivity index (χ3v) is 3.85. The number of aromatic nitrogens is 2. The van der Waals surface area contributed by atoms with Gasteiger partial charge in [0.15, 0.2) is 5.82 Å². The second-order valence-electron chi connectivity index (χ2n) is 5.39. The molecule has 1 aliphatic rings. The molecule has 0 atom stereocenters. The van der Waals surface area contributed by atoms with Crippen LogP contribution >= 0.6 is 0 Å². The summed E-state index contributed by atoms with van der Waals surface area (Å²) in [6, 6.07) is 10.2. The summed E-state index contributed by atoms with van der Waals surface area (Å²) < 4.78 is 4.93. The van der Waals surface area contributed by atoms with E-state index >= 15 is 0 Å². The van der Waals surface area contributed by atoms with Crippen molar-refractivity contribution in [3.8, 4) is 11.6 Å². The minimum atomic E-state index is -0.204. The van der Waals surface area contributed by atoms with Crippen molar-refractivity contribution >= 4 is 17.5 Å². The van der Waals surface area contributed by atoms with Gasteiger partial charge in [-0.05, 0) is 18.2 Å². The first kappa shape index (κ1) is 15.9. The highest BCUT2D eigenvalue weighted by atomic mass is 16.5. The molecule has 0 bridgehead atoms. The number of piperazine rings is 1. The van der Waals surface area contributed by atoms with Crippen molar-refractivity contribution in [3.05, 3.63) is 36.4 Å². The van der Waals surface area contributed by atoms with Crippen LogP contribution in [0.2, 0.25) is 0 Å². The Bertz CT molecular complexity index is 699. The van der Waals surface area contributed by atoms with Gasteiger partial charge in [0.05, 0.1) is 7.11 Å². The van der Waals surface area contributed by atoms with Crippen LogP contribution in [0.4, 0.5) is 16.3 Å². The molecule has 8 nitrogen and oxygen atoms in total. The van der Waals surface area contributed by atoms with Gasteiger partial charge in [-0.1, -0.05) is 6.07 Å². The summed E-state index contributed by atoms with van der Waals surface area (Å²) in [5.74, 6) is 1.02. The van der Waals surface area contributed by atoms with Crippen LogP contribution in [-0.2, 0) is 0 Å². The lowest BCUT2D eigenvalue weighted by atomic mass is 10.2. The summed E-state index contributed by atoms with van der Waals surface area (Å²) in [7, 11) is 1.51. The van der Waals surface area contributed by atoms with Crippen molar-refractivity contribution in [1.29, 1.82) is 0 Å². The van der Waals surface area contributed by atoms with E-state index in [1.54, 1.807) is 29.2 Å². The van der Waals surface area contributed by atoms with E-state index in [0.717, 1.165) is 5.69 Å². The van der Waals surface area contributed by atoms with E-state index in [-0.39, 0.29) is 11.8 Å². The number of nitrogens with zero attached hydrogens (tertiary/aromatic N) is 4. The number of nitrogens with one attached hydrogen (secondary N) is 1. The average molecular weight is 329 g/mol. The minimum Gasteiger partial charge on any atom is -0.508 e. The van der Waals surface area contributed by atoms with Crippen LogP contribution in [0.5, 0.6) is 11.6 Å². The highest BCUT2D eigenvalue weighted by molar-refractivity contribution is 5.88. The van der Waals surface area contributed by atoms with Crippen molar-refractivity contribution in [2.24, 2.45) is 0 Å². The molecule has 2 heterocycles. The smallest absolute Gasteiger partial charge is 0.323 e. The van der Waals surface area contributed by atoms with Gasteiger partial charge in [-0.25, -0.2) is 4.79 Å². The minimum absolute atomic E-state index is 0.204. The zero-order chi connectivity index (χ0) is 16.9. The van der Waals surface area contributed by atoms with E-state index in [4.69, 9.17) is 4.74 Å². The summed E-state index contributed by atoms with van der Waals surface area (Å²) in [6.45, 7) is 2.58. The zero-order valence-corrected chi connectivity index (χ0v) is 13.3. The number of hydrogen-bond acceptors (Lipinski definition) is 6. The summed E-state index contributed by atoms with van der Waals surface area (Å²) in [5, 5.41) is 20.0. The highest BCUT2D eigenvalue weighted by Crippen LogP contribution is 2.21. The molecule has 1 saturated heterocycles. The fourth-order valence-electron chi connectivity index (χ4n) is 2.54. The molecular weight excluding hydrogens is 310 g/mol. The first-order chi connectivity index (χ1) is 11.7. The quantitative estimate of drug-likeness (QED) is 0.888. The maximum atomic E-state index is 12.3. The fourth-order valence-corrected chi connectivity index (χ4v) is 2.54. The molecule has 24 heavy (non-hydrogen) atoms. The molecule has 0 saturated carbocycles. The molecule has 3 rings (SSSR count). The lowest BCUT2D eigenvalue weighted by molar-refractivity contribution is 0.208. The molecule has 1 aromatic carbocycles. The van der Waals surface area contributed by atoms with Crippen LogP contribution in [0, 0.1) is 0 Å². The molecule has 1 fully saturated rings. The van der Waals surface area contributed by atoms with Gasteiger partial charge >= 0.3 is 6.03 Å². The Labute approximate surface area is 139 Å². The molecule has 2 aromatic rings. The Kier molecular flexibility index (Phi) is 4.64. The SMILES string of the molecule is COc1ccc(NC(=O)N2CCN(c3cccc(O)c3)CC2)nn1. The first-order valence-corrected chi connectivity index (χ1v) is 7.63. The predicted molar refractivity (Wildman–Crippen MR) is 89.5 cm³/mol. The molecule has 8 heteroatoms. The van der Waals surface area contributed by atoms with Gasteiger partial charge in [0.25, 0.3) is 0 Å².